The van der Waals surface area contributed by atoms with Crippen LogP contribution >= 0.6 is 0 Å². The summed E-state index contributed by atoms with van der Waals surface area (Å²) in [5.74, 6) is 0. The summed E-state index contributed by atoms with van der Waals surface area (Å²) >= 11 is 0. The third-order valence-corrected chi connectivity index (χ3v) is 3.96. The van der Waals surface area contributed by atoms with Gasteiger partial charge in [0, 0.05) is 17.4 Å². The fourth-order valence-electron chi connectivity index (χ4n) is 2.28. The minimum atomic E-state index is 0.148. The van der Waals surface area contributed by atoms with Crippen molar-refractivity contribution in [2.75, 3.05) is 0 Å². The van der Waals surface area contributed by atoms with E-state index in [2.05, 4.69) is 41.6 Å². The Balaban J connectivity index is 1.87. The van der Waals surface area contributed by atoms with E-state index < -0.39 is 0 Å². The van der Waals surface area contributed by atoms with Gasteiger partial charge in [-0.25, -0.2) is 4.98 Å². The lowest BCUT2D eigenvalue weighted by molar-refractivity contribution is 0.608. The average Bonchev–Trinajstić information content (AvgIpc) is 2.98. The summed E-state index contributed by atoms with van der Waals surface area (Å²) in [5, 5.41) is 0. The molecule has 1 saturated carbocycles. The summed E-state index contributed by atoms with van der Waals surface area (Å²) in [4.78, 5) is 4.51. The average molecular weight is 229 g/mol. The molecule has 3 rings (SSSR count). The van der Waals surface area contributed by atoms with Gasteiger partial charge >= 0.3 is 0 Å². The predicted molar refractivity (Wildman–Crippen MR) is 69.1 cm³/mol. The topological polar surface area (TPSA) is 43.3 Å². The molecule has 2 heterocycles. The van der Waals surface area contributed by atoms with Crippen LogP contribution in [-0.4, -0.2) is 14.9 Å². The maximum Gasteiger partial charge on any atom is 0.137 e. The highest BCUT2D eigenvalue weighted by atomic mass is 15.0. The molecule has 2 N–H and O–H groups in total. The fourth-order valence-corrected chi connectivity index (χ4v) is 2.28. The molecule has 1 fully saturated rings. The molecule has 0 radical (unpaired) electrons. The number of aromatic nitrogens is 2. The fraction of sp³-hybridized carbons (Fsp3) is 0.500. The Kier molecular flexibility index (Phi) is 2.26. The first-order chi connectivity index (χ1) is 8.07. The molecule has 3 nitrogen and oxygen atoms in total. The summed E-state index contributed by atoms with van der Waals surface area (Å²) in [6, 6.07) is 4.28. The maximum absolute atomic E-state index is 6.12. The Labute approximate surface area is 102 Å². The van der Waals surface area contributed by atoms with Gasteiger partial charge in [0.2, 0.25) is 0 Å². The van der Waals surface area contributed by atoms with Gasteiger partial charge in [0.05, 0.1) is 5.69 Å². The second-order valence-electron chi connectivity index (χ2n) is 5.41. The second-order valence-corrected chi connectivity index (χ2v) is 5.41. The Bertz CT molecular complexity index is 564. The SMILES string of the molecule is Cc1nc2ccc(CCC3(N)CC3)cn2c1C. The summed E-state index contributed by atoms with van der Waals surface area (Å²) in [7, 11) is 0. The van der Waals surface area contributed by atoms with Crippen LogP contribution in [0.15, 0.2) is 18.3 Å². The molecular formula is C14H19N3. The quantitative estimate of drug-likeness (QED) is 0.878. The lowest BCUT2D eigenvalue weighted by Gasteiger charge is -2.08. The minimum absolute atomic E-state index is 0.148. The van der Waals surface area contributed by atoms with E-state index in [1.807, 2.05) is 0 Å². The number of aryl methyl sites for hydroxylation is 3. The van der Waals surface area contributed by atoms with E-state index in [1.165, 1.54) is 24.1 Å². The van der Waals surface area contributed by atoms with Crippen LogP contribution < -0.4 is 5.73 Å². The van der Waals surface area contributed by atoms with E-state index in [0.29, 0.717) is 0 Å². The molecule has 0 unspecified atom stereocenters. The molecule has 1 aliphatic rings. The number of hydrogen-bond donors (Lipinski definition) is 1. The van der Waals surface area contributed by atoms with E-state index in [-0.39, 0.29) is 5.54 Å². The van der Waals surface area contributed by atoms with E-state index in [1.54, 1.807) is 0 Å². The second kappa shape index (κ2) is 3.57. The van der Waals surface area contributed by atoms with Gasteiger partial charge in [0.25, 0.3) is 0 Å². The van der Waals surface area contributed by atoms with Gasteiger partial charge in [-0.05, 0) is 51.2 Å². The first-order valence-electron chi connectivity index (χ1n) is 6.30. The molecule has 0 aliphatic heterocycles. The highest BCUT2D eigenvalue weighted by Gasteiger charge is 2.37. The zero-order chi connectivity index (χ0) is 12.0. The van der Waals surface area contributed by atoms with Gasteiger partial charge < -0.3 is 10.1 Å². The Morgan fingerprint density at radius 3 is 2.82 bits per heavy atom. The van der Waals surface area contributed by atoms with Crippen LogP contribution in [-0.2, 0) is 6.42 Å². The van der Waals surface area contributed by atoms with Crippen LogP contribution in [0.1, 0.15) is 36.2 Å². The van der Waals surface area contributed by atoms with Gasteiger partial charge in [-0.15, -0.1) is 0 Å². The largest absolute Gasteiger partial charge is 0.325 e. The Morgan fingerprint density at radius 2 is 2.12 bits per heavy atom. The molecule has 90 valence electrons. The third kappa shape index (κ3) is 1.95. The molecule has 0 bridgehead atoms. The smallest absolute Gasteiger partial charge is 0.137 e. The number of nitrogens with two attached hydrogens (primary N) is 1. The van der Waals surface area contributed by atoms with Gasteiger partial charge in [-0.2, -0.15) is 0 Å². The van der Waals surface area contributed by atoms with Gasteiger partial charge in [0.15, 0.2) is 0 Å². The van der Waals surface area contributed by atoms with Crippen LogP contribution in [0.3, 0.4) is 0 Å². The predicted octanol–water partition coefficient (Wildman–Crippen LogP) is 2.38. The molecule has 0 atom stereocenters. The number of pyridine rings is 1. The monoisotopic (exact) mass is 229 g/mol. The summed E-state index contributed by atoms with van der Waals surface area (Å²) in [6.07, 6.45) is 6.77. The van der Waals surface area contributed by atoms with Crippen molar-refractivity contribution in [1.29, 1.82) is 0 Å². The lowest BCUT2D eigenvalue weighted by Crippen LogP contribution is -2.22. The Morgan fingerprint density at radius 1 is 1.35 bits per heavy atom. The number of fused-ring (bicyclic) bond motifs is 1. The molecule has 2 aromatic heterocycles. The van der Waals surface area contributed by atoms with Crippen LogP contribution in [0.4, 0.5) is 0 Å². The summed E-state index contributed by atoms with van der Waals surface area (Å²) in [5.41, 5.74) is 11.0. The number of nitrogens with zero attached hydrogens (tertiary/aromatic N) is 2. The van der Waals surface area contributed by atoms with Crippen molar-refractivity contribution in [1.82, 2.24) is 9.38 Å². The van der Waals surface area contributed by atoms with Crippen molar-refractivity contribution in [3.63, 3.8) is 0 Å². The van der Waals surface area contributed by atoms with Gasteiger partial charge in [-0.3, -0.25) is 0 Å². The van der Waals surface area contributed by atoms with Crippen molar-refractivity contribution in [2.45, 2.75) is 45.1 Å². The van der Waals surface area contributed by atoms with Crippen LogP contribution in [0, 0.1) is 13.8 Å². The standard InChI is InChI=1S/C14H19N3/c1-10-11(2)17-9-12(3-4-13(17)16-10)5-6-14(15)7-8-14/h3-4,9H,5-8,15H2,1-2H3. The van der Waals surface area contributed by atoms with E-state index >= 15 is 0 Å². The van der Waals surface area contributed by atoms with Crippen LogP contribution in [0.2, 0.25) is 0 Å². The highest BCUT2D eigenvalue weighted by molar-refractivity contribution is 5.44. The number of imidazole rings is 1. The first kappa shape index (κ1) is 10.8. The molecule has 17 heavy (non-hydrogen) atoms. The zero-order valence-corrected chi connectivity index (χ0v) is 10.5. The van der Waals surface area contributed by atoms with Crippen molar-refractivity contribution in [2.24, 2.45) is 5.73 Å². The minimum Gasteiger partial charge on any atom is -0.325 e. The lowest BCUT2D eigenvalue weighted by atomic mass is 10.1. The number of rotatable bonds is 3. The normalized spacial score (nSPS) is 17.6. The van der Waals surface area contributed by atoms with Crippen molar-refractivity contribution < 1.29 is 0 Å². The molecule has 2 aromatic rings. The molecule has 0 aromatic carbocycles. The van der Waals surface area contributed by atoms with Crippen molar-refractivity contribution in [3.05, 3.63) is 35.3 Å². The summed E-state index contributed by atoms with van der Waals surface area (Å²) < 4.78 is 2.18. The maximum atomic E-state index is 6.12. The molecule has 0 amide bonds. The van der Waals surface area contributed by atoms with Crippen molar-refractivity contribution >= 4 is 5.65 Å². The first-order valence-corrected chi connectivity index (χ1v) is 6.30. The van der Waals surface area contributed by atoms with Crippen molar-refractivity contribution in [3.8, 4) is 0 Å². The summed E-state index contributed by atoms with van der Waals surface area (Å²) in [6.45, 7) is 4.17. The molecule has 0 spiro atoms. The van der Waals surface area contributed by atoms with Crippen LogP contribution in [0.5, 0.6) is 0 Å². The van der Waals surface area contributed by atoms with Gasteiger partial charge in [0.1, 0.15) is 5.65 Å². The number of hydrogen-bond acceptors (Lipinski definition) is 2. The highest BCUT2D eigenvalue weighted by Crippen LogP contribution is 2.36. The van der Waals surface area contributed by atoms with E-state index in [4.69, 9.17) is 5.73 Å². The van der Waals surface area contributed by atoms with Crippen LogP contribution in [0.25, 0.3) is 5.65 Å². The Hall–Kier alpha value is -1.35. The molecule has 1 aliphatic carbocycles. The van der Waals surface area contributed by atoms with E-state index in [0.717, 1.165) is 24.2 Å². The van der Waals surface area contributed by atoms with E-state index in [9.17, 15) is 0 Å². The molecular weight excluding hydrogens is 210 g/mol. The third-order valence-electron chi connectivity index (χ3n) is 3.96. The zero-order valence-electron chi connectivity index (χ0n) is 10.5. The van der Waals surface area contributed by atoms with Gasteiger partial charge in [-0.1, -0.05) is 6.07 Å². The molecule has 3 heteroatoms. The molecule has 0 saturated heterocycles.